The lowest BCUT2D eigenvalue weighted by Gasteiger charge is -2.36. The van der Waals surface area contributed by atoms with Crippen molar-refractivity contribution in [1.82, 2.24) is 20.9 Å². The van der Waals surface area contributed by atoms with Gasteiger partial charge in [-0.05, 0) is 49.9 Å². The number of hydrogen-bond acceptors (Lipinski definition) is 10. The van der Waals surface area contributed by atoms with E-state index in [1.54, 1.807) is 20.8 Å². The fraction of sp³-hybridized carbons (Fsp3) is 0.382. The molecule has 5 rings (SSSR count). The monoisotopic (exact) mass is 659 g/mol. The first kappa shape index (κ1) is 33.5. The van der Waals surface area contributed by atoms with Crippen LogP contribution in [0.5, 0.6) is 0 Å². The third-order valence-corrected chi connectivity index (χ3v) is 8.77. The highest BCUT2D eigenvalue weighted by molar-refractivity contribution is 7.10. The van der Waals surface area contributed by atoms with Gasteiger partial charge in [-0.2, -0.15) is 0 Å². The molecule has 246 valence electrons. The van der Waals surface area contributed by atoms with E-state index in [1.807, 2.05) is 48.5 Å². The summed E-state index contributed by atoms with van der Waals surface area (Å²) in [5.74, 6) is -2.75. The largest absolute Gasteiger partial charge is 0.460 e. The Balaban J connectivity index is 1.06. The van der Waals surface area contributed by atoms with Crippen molar-refractivity contribution in [2.75, 3.05) is 13.2 Å². The summed E-state index contributed by atoms with van der Waals surface area (Å²) >= 11 is 1.14. The molecule has 1 aliphatic heterocycles. The quantitative estimate of drug-likeness (QED) is 0.130. The number of benzene rings is 2. The maximum absolute atomic E-state index is 12.8. The molecule has 1 saturated heterocycles. The average Bonchev–Trinajstić information content (AvgIpc) is 3.61. The number of carbonyl (C=O) groups is 5. The molecule has 0 saturated carbocycles. The van der Waals surface area contributed by atoms with Crippen LogP contribution in [0.3, 0.4) is 0 Å². The van der Waals surface area contributed by atoms with Gasteiger partial charge in [-0.15, -0.1) is 11.3 Å². The molecule has 2 aliphatic rings. The van der Waals surface area contributed by atoms with Crippen LogP contribution in [0.15, 0.2) is 53.9 Å². The molecule has 0 unspecified atom stereocenters. The maximum Gasteiger partial charge on any atom is 0.407 e. The summed E-state index contributed by atoms with van der Waals surface area (Å²) in [4.78, 5) is 66.7. The number of aromatic nitrogens is 1. The second-order valence-corrected chi connectivity index (χ2v) is 13.5. The van der Waals surface area contributed by atoms with Crippen molar-refractivity contribution in [3.8, 4) is 11.1 Å². The molecular formula is C34H37N5O7S. The normalized spacial score (nSPS) is 17.3. The molecule has 3 aromatic rings. The van der Waals surface area contributed by atoms with E-state index in [0.717, 1.165) is 33.6 Å². The molecule has 1 aromatic heterocycles. The fourth-order valence-corrected chi connectivity index (χ4v) is 6.37. The third kappa shape index (κ3) is 7.91. The number of nitrogens with zero attached hydrogens (tertiary/aromatic N) is 1. The van der Waals surface area contributed by atoms with Crippen molar-refractivity contribution >= 4 is 46.7 Å². The van der Waals surface area contributed by atoms with E-state index in [1.165, 1.54) is 12.3 Å². The minimum atomic E-state index is -0.922. The molecule has 0 radical (unpaired) electrons. The maximum atomic E-state index is 12.8. The molecule has 0 bridgehead atoms. The van der Waals surface area contributed by atoms with Crippen LogP contribution in [0.2, 0.25) is 0 Å². The van der Waals surface area contributed by atoms with Gasteiger partial charge >= 0.3 is 12.1 Å². The summed E-state index contributed by atoms with van der Waals surface area (Å²) in [5, 5.41) is 18.1. The van der Waals surface area contributed by atoms with Gasteiger partial charge in [0.05, 0.1) is 18.4 Å². The number of esters is 1. The summed E-state index contributed by atoms with van der Waals surface area (Å²) in [6, 6.07) is 14.5. The molecule has 1 fully saturated rings. The molecule has 3 atom stereocenters. The Morgan fingerprint density at radius 3 is 2.30 bits per heavy atom. The van der Waals surface area contributed by atoms with Gasteiger partial charge in [-0.1, -0.05) is 48.5 Å². The zero-order valence-corrected chi connectivity index (χ0v) is 27.4. The number of rotatable bonds is 12. The van der Waals surface area contributed by atoms with E-state index in [4.69, 9.17) is 14.9 Å². The number of alkyl carbamates (subject to hydrolysis) is 1. The van der Waals surface area contributed by atoms with Crippen LogP contribution in [-0.2, 0) is 35.1 Å². The molecule has 4 N–H and O–H groups in total. The van der Waals surface area contributed by atoms with Crippen molar-refractivity contribution in [2.24, 2.45) is 5.92 Å². The lowest BCUT2D eigenvalue weighted by molar-refractivity contribution is -0.154. The smallest absolute Gasteiger partial charge is 0.407 e. The predicted molar refractivity (Wildman–Crippen MR) is 174 cm³/mol. The Hall–Kier alpha value is -4.91. The minimum Gasteiger partial charge on any atom is -0.460 e. The fourth-order valence-electron chi connectivity index (χ4n) is 5.60. The first-order valence-corrected chi connectivity index (χ1v) is 16.2. The van der Waals surface area contributed by atoms with Gasteiger partial charge in [-0.3, -0.25) is 24.6 Å². The molecule has 12 nitrogen and oxygen atoms in total. The summed E-state index contributed by atoms with van der Waals surface area (Å²) in [6.45, 7) is 6.93. The Morgan fingerprint density at radius 1 is 1.04 bits per heavy atom. The van der Waals surface area contributed by atoms with Crippen LogP contribution in [0.4, 0.5) is 4.79 Å². The van der Waals surface area contributed by atoms with E-state index in [2.05, 4.69) is 20.9 Å². The van der Waals surface area contributed by atoms with Crippen LogP contribution in [-0.4, -0.2) is 71.2 Å². The number of amides is 3. The van der Waals surface area contributed by atoms with Gasteiger partial charge in [0.15, 0.2) is 5.78 Å². The van der Waals surface area contributed by atoms with Crippen molar-refractivity contribution in [1.29, 1.82) is 5.41 Å². The number of Topliss-reactive ketones (excluding diaryl/α,β-unsaturated/α-hetero) is 1. The summed E-state index contributed by atoms with van der Waals surface area (Å²) in [5.41, 5.74) is 3.49. The standard InChI is InChI=1S/C34H37N5O7S/c1-18(37-33(44)45-16-24-21-11-7-5-9-19(21)20-10-6-8-12-22(20)24)31(42)36-15-25-23(32(43)39-25)13-27(40)30(35)26-17-47-28(38-26)14-29(41)46-34(2,3)4/h5-12,17-18,23-25,35H,13-16H2,1-4H3,(H,36,42)(H,37,44)(H,39,43)/t18-,23-,25+/m0/s1. The van der Waals surface area contributed by atoms with Gasteiger partial charge in [0.2, 0.25) is 11.8 Å². The summed E-state index contributed by atoms with van der Waals surface area (Å²) in [6.07, 6.45) is -1.05. The molecule has 2 heterocycles. The number of fused-ring (bicyclic) bond motifs is 3. The number of carbonyl (C=O) groups excluding carboxylic acids is 5. The first-order valence-electron chi connectivity index (χ1n) is 15.3. The SMILES string of the molecule is C[C@H](NC(=O)OCC1c2ccccc2-c2ccccc21)C(=O)NC[C@H]1NC(=O)[C@H]1CC(=O)C(=N)c1csc(CC(=O)OC(C)(C)C)n1. The molecule has 2 aromatic carbocycles. The Morgan fingerprint density at radius 2 is 1.68 bits per heavy atom. The van der Waals surface area contributed by atoms with Gasteiger partial charge < -0.3 is 25.4 Å². The lowest BCUT2D eigenvalue weighted by Crippen LogP contribution is -2.63. The van der Waals surface area contributed by atoms with Crippen molar-refractivity contribution in [3.05, 3.63) is 75.7 Å². The van der Waals surface area contributed by atoms with Gasteiger partial charge in [0, 0.05) is 24.3 Å². The number of ether oxygens (including phenoxy) is 2. The molecule has 13 heteroatoms. The van der Waals surface area contributed by atoms with E-state index in [9.17, 15) is 24.0 Å². The van der Waals surface area contributed by atoms with Gasteiger partial charge in [0.25, 0.3) is 0 Å². The van der Waals surface area contributed by atoms with Crippen molar-refractivity contribution < 1.29 is 33.4 Å². The number of hydrogen-bond donors (Lipinski definition) is 4. The van der Waals surface area contributed by atoms with E-state index in [0.29, 0.717) is 5.01 Å². The van der Waals surface area contributed by atoms with E-state index >= 15 is 0 Å². The Kier molecular flexibility index (Phi) is 9.85. The zero-order valence-electron chi connectivity index (χ0n) is 26.5. The predicted octanol–water partition coefficient (Wildman–Crippen LogP) is 3.51. The second-order valence-electron chi connectivity index (χ2n) is 12.6. The van der Waals surface area contributed by atoms with Crippen LogP contribution >= 0.6 is 11.3 Å². The van der Waals surface area contributed by atoms with Crippen LogP contribution in [0, 0.1) is 11.3 Å². The topological polar surface area (TPSA) is 177 Å². The Bertz CT molecular complexity index is 1680. The van der Waals surface area contributed by atoms with Gasteiger partial charge in [0.1, 0.15) is 34.7 Å². The average molecular weight is 660 g/mol. The number of ketones is 1. The lowest BCUT2D eigenvalue weighted by atomic mass is 9.84. The van der Waals surface area contributed by atoms with Crippen LogP contribution in [0.25, 0.3) is 11.1 Å². The van der Waals surface area contributed by atoms with Crippen molar-refractivity contribution in [2.45, 2.75) is 64.1 Å². The van der Waals surface area contributed by atoms with Crippen LogP contribution in [0.1, 0.15) is 61.9 Å². The molecule has 47 heavy (non-hydrogen) atoms. The van der Waals surface area contributed by atoms with Gasteiger partial charge in [-0.25, -0.2) is 9.78 Å². The molecule has 1 aliphatic carbocycles. The molecule has 3 amide bonds. The van der Waals surface area contributed by atoms with Crippen LogP contribution < -0.4 is 16.0 Å². The summed E-state index contributed by atoms with van der Waals surface area (Å²) in [7, 11) is 0. The second kappa shape index (κ2) is 13.8. The first-order chi connectivity index (χ1) is 22.3. The number of β-lactam (4-membered cyclic amide) rings is 1. The molecular weight excluding hydrogens is 622 g/mol. The number of thiazole rings is 1. The highest BCUT2D eigenvalue weighted by atomic mass is 32.1. The highest BCUT2D eigenvalue weighted by Crippen LogP contribution is 2.44. The van der Waals surface area contributed by atoms with Crippen molar-refractivity contribution in [3.63, 3.8) is 0 Å². The summed E-state index contributed by atoms with van der Waals surface area (Å²) < 4.78 is 10.8. The Labute approximate surface area is 276 Å². The zero-order chi connectivity index (χ0) is 33.9. The highest BCUT2D eigenvalue weighted by Gasteiger charge is 2.41. The number of nitrogens with one attached hydrogen (secondary N) is 4. The van der Waals surface area contributed by atoms with E-state index in [-0.39, 0.29) is 49.2 Å². The molecule has 0 spiro atoms. The minimum absolute atomic E-state index is 0.0311. The third-order valence-electron chi connectivity index (χ3n) is 7.93. The van der Waals surface area contributed by atoms with E-state index < -0.39 is 47.4 Å².